The fourth-order valence-corrected chi connectivity index (χ4v) is 0.0645. The van der Waals surface area contributed by atoms with Crippen molar-refractivity contribution in [2.45, 2.75) is 13.3 Å². The molecule has 0 unspecified atom stereocenters. The second kappa shape index (κ2) is 7.07. The van der Waals surface area contributed by atoms with Gasteiger partial charge in [-0.2, -0.15) is 5.26 Å². The van der Waals surface area contributed by atoms with Gasteiger partial charge in [-0.1, -0.05) is 6.92 Å². The minimum absolute atomic E-state index is 0. The van der Waals surface area contributed by atoms with Gasteiger partial charge in [0.25, 0.3) is 0 Å². The Bertz CT molecular complexity index is 48.1. The predicted molar refractivity (Wildman–Crippen MR) is 26.2 cm³/mol. The van der Waals surface area contributed by atoms with Crippen LogP contribution in [0.1, 0.15) is 13.3 Å². The van der Waals surface area contributed by atoms with Gasteiger partial charge >= 0.3 is 57.4 Å². The van der Waals surface area contributed by atoms with E-state index < -0.39 is 5.97 Å². The summed E-state index contributed by atoms with van der Waals surface area (Å²) in [6.07, 6.45) is 0.219. The second-order valence-electron chi connectivity index (χ2n) is 0.817. The van der Waals surface area contributed by atoms with Crippen molar-refractivity contribution in [3.05, 3.63) is 0 Å². The molecule has 0 saturated heterocycles. The molecule has 0 spiro atoms. The normalized spacial score (nSPS) is 6.57. The van der Waals surface area contributed by atoms with Crippen molar-refractivity contribution >= 4 is 57.4 Å². The summed E-state index contributed by atoms with van der Waals surface area (Å²) in [6.45, 7) is 1.60. The molecular formula is C3H7KO3. The summed E-state index contributed by atoms with van der Waals surface area (Å²) in [5.74, 6) is -0.602. The van der Waals surface area contributed by atoms with Crippen molar-refractivity contribution < 1.29 is 14.9 Å². The van der Waals surface area contributed by atoms with Gasteiger partial charge in [0.2, 0.25) is 0 Å². The van der Waals surface area contributed by atoms with Gasteiger partial charge in [0.1, 0.15) is 0 Å². The maximum atomic E-state index is 9.71. The van der Waals surface area contributed by atoms with Crippen molar-refractivity contribution in [1.29, 1.82) is 0 Å². The molecule has 0 aliphatic rings. The molecule has 4 heteroatoms. The molecular weight excluding hydrogens is 123 g/mol. The van der Waals surface area contributed by atoms with E-state index in [1.165, 1.54) is 0 Å². The third-order valence-electron chi connectivity index (χ3n) is 0.390. The van der Waals surface area contributed by atoms with Gasteiger partial charge in [-0.05, 0) is 0 Å². The van der Waals surface area contributed by atoms with E-state index in [2.05, 4.69) is 4.89 Å². The van der Waals surface area contributed by atoms with E-state index in [1.54, 1.807) is 6.92 Å². The molecule has 0 rings (SSSR count). The zero-order valence-electron chi connectivity index (χ0n) is 3.47. The molecule has 7 heavy (non-hydrogen) atoms. The zero-order chi connectivity index (χ0) is 4.99. The molecule has 3 nitrogen and oxygen atoms in total. The van der Waals surface area contributed by atoms with Crippen LogP contribution in [0, 0.1) is 0 Å². The molecule has 0 aromatic rings. The van der Waals surface area contributed by atoms with Crippen molar-refractivity contribution in [3.8, 4) is 0 Å². The molecule has 0 atom stereocenters. The Hall–Kier alpha value is 1.07. The Morgan fingerprint density at radius 3 is 2.29 bits per heavy atom. The molecule has 0 radical (unpaired) electrons. The number of carbonyl (C=O) groups is 1. The van der Waals surface area contributed by atoms with Crippen molar-refractivity contribution in [2.75, 3.05) is 0 Å². The number of carbonyl (C=O) groups excluding carboxylic acids is 1. The van der Waals surface area contributed by atoms with Gasteiger partial charge in [0, 0.05) is 6.42 Å². The van der Waals surface area contributed by atoms with Crippen LogP contribution in [0.15, 0.2) is 0 Å². The van der Waals surface area contributed by atoms with Crippen LogP contribution in [0.25, 0.3) is 0 Å². The first-order valence-corrected chi connectivity index (χ1v) is 1.65. The topological polar surface area (TPSA) is 46.5 Å². The van der Waals surface area contributed by atoms with Crippen LogP contribution in [0.5, 0.6) is 0 Å². The molecule has 0 aliphatic carbocycles. The van der Waals surface area contributed by atoms with Gasteiger partial charge in [0.15, 0.2) is 0 Å². The average Bonchev–Trinajstić information content (AvgIpc) is 1.65. The Morgan fingerprint density at radius 1 is 1.86 bits per heavy atom. The van der Waals surface area contributed by atoms with Gasteiger partial charge in [-0.3, -0.25) is 0 Å². The summed E-state index contributed by atoms with van der Waals surface area (Å²) < 4.78 is 0. The second-order valence-corrected chi connectivity index (χ2v) is 0.817. The molecule has 0 aromatic heterocycles. The van der Waals surface area contributed by atoms with Gasteiger partial charge < -0.3 is 4.89 Å². The van der Waals surface area contributed by atoms with Crippen LogP contribution >= 0.6 is 0 Å². The van der Waals surface area contributed by atoms with E-state index in [4.69, 9.17) is 5.26 Å². The predicted octanol–water partition coefficient (Wildman–Crippen LogP) is -0.236. The summed E-state index contributed by atoms with van der Waals surface area (Å²) >= 11 is 0. The molecule has 38 valence electrons. The van der Waals surface area contributed by atoms with Crippen LogP contribution in [0.3, 0.4) is 0 Å². The van der Waals surface area contributed by atoms with Gasteiger partial charge in [-0.25, -0.2) is 4.79 Å². The first-order chi connectivity index (χ1) is 2.81. The SMILES string of the molecule is CCC(=O)OO.[KH]. The minimum atomic E-state index is -0.602. The molecule has 0 fully saturated rings. The average molecular weight is 130 g/mol. The summed E-state index contributed by atoms with van der Waals surface area (Å²) in [5.41, 5.74) is 0. The molecule has 0 saturated carbocycles. The Balaban J connectivity index is 0. The molecule has 0 aliphatic heterocycles. The standard InChI is InChI=1S/C3H6O3.K.H/c1-2-3(4)6-5;;/h5H,2H2,1H3;;. The van der Waals surface area contributed by atoms with Crippen LogP contribution < -0.4 is 0 Å². The van der Waals surface area contributed by atoms with E-state index >= 15 is 0 Å². The summed E-state index contributed by atoms with van der Waals surface area (Å²) in [4.78, 5) is 13.0. The molecule has 0 amide bonds. The zero-order valence-corrected chi connectivity index (χ0v) is 3.47. The summed E-state index contributed by atoms with van der Waals surface area (Å²) in [5, 5.41) is 7.49. The van der Waals surface area contributed by atoms with Crippen LogP contribution in [0.4, 0.5) is 0 Å². The Labute approximate surface area is 84.4 Å². The number of rotatable bonds is 1. The number of hydrogen-bond acceptors (Lipinski definition) is 3. The third kappa shape index (κ3) is 7.07. The van der Waals surface area contributed by atoms with Crippen molar-refractivity contribution in [1.82, 2.24) is 0 Å². The monoisotopic (exact) mass is 130 g/mol. The fourth-order valence-electron chi connectivity index (χ4n) is 0.0645. The van der Waals surface area contributed by atoms with E-state index in [0.29, 0.717) is 0 Å². The Morgan fingerprint density at radius 2 is 2.29 bits per heavy atom. The van der Waals surface area contributed by atoms with E-state index in [-0.39, 0.29) is 57.8 Å². The third-order valence-corrected chi connectivity index (χ3v) is 0.390. The number of hydrogen-bond donors (Lipinski definition) is 1. The molecule has 0 aromatic carbocycles. The first kappa shape index (κ1) is 10.9. The van der Waals surface area contributed by atoms with Crippen molar-refractivity contribution in [3.63, 3.8) is 0 Å². The maximum absolute atomic E-state index is 9.71. The summed E-state index contributed by atoms with van der Waals surface area (Å²) in [6, 6.07) is 0. The summed E-state index contributed by atoms with van der Waals surface area (Å²) in [7, 11) is 0. The Kier molecular flexibility index (Phi) is 11.0. The van der Waals surface area contributed by atoms with Gasteiger partial charge in [-0.15, -0.1) is 0 Å². The molecule has 1 N–H and O–H groups in total. The molecule has 0 heterocycles. The van der Waals surface area contributed by atoms with Crippen LogP contribution in [-0.2, 0) is 9.68 Å². The van der Waals surface area contributed by atoms with E-state index in [9.17, 15) is 4.79 Å². The first-order valence-electron chi connectivity index (χ1n) is 1.65. The van der Waals surface area contributed by atoms with Crippen molar-refractivity contribution in [2.24, 2.45) is 0 Å². The van der Waals surface area contributed by atoms with Crippen LogP contribution in [-0.4, -0.2) is 62.6 Å². The fraction of sp³-hybridized carbons (Fsp3) is 0.667. The molecule has 0 bridgehead atoms. The van der Waals surface area contributed by atoms with E-state index in [0.717, 1.165) is 0 Å². The van der Waals surface area contributed by atoms with Gasteiger partial charge in [0.05, 0.1) is 0 Å². The quantitative estimate of drug-likeness (QED) is 0.303. The van der Waals surface area contributed by atoms with Crippen LogP contribution in [0.2, 0.25) is 0 Å². The van der Waals surface area contributed by atoms with E-state index in [1.807, 2.05) is 0 Å².